The van der Waals surface area contributed by atoms with Gasteiger partial charge in [-0.1, -0.05) is 6.92 Å². The quantitative estimate of drug-likeness (QED) is 0.848. The van der Waals surface area contributed by atoms with Gasteiger partial charge < -0.3 is 5.32 Å². The molecule has 8 heteroatoms. The highest BCUT2D eigenvalue weighted by molar-refractivity contribution is 7.99. The molecule has 2 aromatic heterocycles. The number of alkyl halides is 3. The van der Waals surface area contributed by atoms with Gasteiger partial charge in [-0.05, 0) is 24.8 Å². The predicted molar refractivity (Wildman–Crippen MR) is 82.6 cm³/mol. The fourth-order valence-corrected chi connectivity index (χ4v) is 2.61. The Kier molecular flexibility index (Phi) is 5.25. The Morgan fingerprint density at radius 1 is 1.35 bits per heavy atom. The number of pyridine rings is 2. The highest BCUT2D eigenvalue weighted by atomic mass is 32.2. The summed E-state index contributed by atoms with van der Waals surface area (Å²) in [5, 5.41) is 2.50. The third-order valence-electron chi connectivity index (χ3n) is 2.99. The molecule has 0 saturated carbocycles. The Bertz CT molecular complexity index is 719. The Labute approximate surface area is 135 Å². The van der Waals surface area contributed by atoms with Crippen molar-refractivity contribution in [2.24, 2.45) is 0 Å². The molecule has 0 fully saturated rings. The minimum Gasteiger partial charge on any atom is -0.320 e. The maximum Gasteiger partial charge on any atom is 0.417 e. The van der Waals surface area contributed by atoms with Gasteiger partial charge in [0.2, 0.25) is 0 Å². The summed E-state index contributed by atoms with van der Waals surface area (Å²) in [6.07, 6.45) is -0.748. The molecule has 0 saturated heterocycles. The van der Waals surface area contributed by atoms with E-state index >= 15 is 0 Å². The lowest BCUT2D eigenvalue weighted by Gasteiger charge is -2.13. The third kappa shape index (κ3) is 4.22. The number of nitrogens with one attached hydrogen (secondary N) is 1. The standard InChI is InChI=1S/C15H14F3N3OS/c1-3-23-13-8-19-5-4-11(13)14(22)21-12-6-10(15(16,17)18)7-20-9(12)2/h4-8H,3H2,1-2H3,(H,21,22). The van der Waals surface area contributed by atoms with E-state index in [4.69, 9.17) is 0 Å². The van der Waals surface area contributed by atoms with Crippen LogP contribution in [-0.4, -0.2) is 21.6 Å². The zero-order valence-corrected chi connectivity index (χ0v) is 13.3. The van der Waals surface area contributed by atoms with E-state index in [1.165, 1.54) is 30.9 Å². The minimum absolute atomic E-state index is 0.0362. The molecule has 4 nitrogen and oxygen atoms in total. The van der Waals surface area contributed by atoms with Gasteiger partial charge in [0.05, 0.1) is 22.5 Å². The van der Waals surface area contributed by atoms with Gasteiger partial charge in [-0.15, -0.1) is 11.8 Å². The summed E-state index contributed by atoms with van der Waals surface area (Å²) in [5.41, 5.74) is -0.195. The molecule has 2 rings (SSSR count). The number of aryl methyl sites for hydroxylation is 1. The molecule has 122 valence electrons. The van der Waals surface area contributed by atoms with E-state index in [-0.39, 0.29) is 5.69 Å². The molecule has 1 N–H and O–H groups in total. The molecule has 1 amide bonds. The van der Waals surface area contributed by atoms with Gasteiger partial charge in [0.15, 0.2) is 0 Å². The first-order chi connectivity index (χ1) is 10.8. The highest BCUT2D eigenvalue weighted by Crippen LogP contribution is 2.31. The van der Waals surface area contributed by atoms with Gasteiger partial charge in [-0.2, -0.15) is 13.2 Å². The molecule has 0 spiro atoms. The van der Waals surface area contributed by atoms with E-state index < -0.39 is 17.6 Å². The average molecular weight is 341 g/mol. The van der Waals surface area contributed by atoms with Crippen LogP contribution < -0.4 is 5.32 Å². The van der Waals surface area contributed by atoms with Crippen molar-refractivity contribution in [2.75, 3.05) is 11.1 Å². The van der Waals surface area contributed by atoms with Gasteiger partial charge in [0.1, 0.15) is 0 Å². The van der Waals surface area contributed by atoms with Gasteiger partial charge in [0.25, 0.3) is 5.91 Å². The lowest BCUT2D eigenvalue weighted by atomic mass is 10.2. The molecular weight excluding hydrogens is 327 g/mol. The molecule has 2 heterocycles. The molecule has 0 unspecified atom stereocenters. The van der Waals surface area contributed by atoms with Gasteiger partial charge in [-0.25, -0.2) is 0 Å². The second kappa shape index (κ2) is 6.99. The van der Waals surface area contributed by atoms with Crippen LogP contribution in [0.25, 0.3) is 0 Å². The van der Waals surface area contributed by atoms with E-state index in [1.54, 1.807) is 6.20 Å². The second-order valence-electron chi connectivity index (χ2n) is 4.61. The molecular formula is C15H14F3N3OS. The van der Waals surface area contributed by atoms with Crippen LogP contribution in [0.4, 0.5) is 18.9 Å². The van der Waals surface area contributed by atoms with Crippen LogP contribution in [0.3, 0.4) is 0 Å². The predicted octanol–water partition coefficient (Wildman–Crippen LogP) is 4.17. The van der Waals surface area contributed by atoms with E-state index in [0.29, 0.717) is 16.2 Å². The number of halogens is 3. The zero-order chi connectivity index (χ0) is 17.0. The summed E-state index contributed by atoms with van der Waals surface area (Å²) in [6.45, 7) is 3.46. The molecule has 23 heavy (non-hydrogen) atoms. The number of thioether (sulfide) groups is 1. The number of aromatic nitrogens is 2. The summed E-state index contributed by atoms with van der Waals surface area (Å²) in [6, 6.07) is 2.41. The summed E-state index contributed by atoms with van der Waals surface area (Å²) >= 11 is 1.43. The van der Waals surface area contributed by atoms with E-state index in [2.05, 4.69) is 15.3 Å². The Hall–Kier alpha value is -2.09. The zero-order valence-electron chi connectivity index (χ0n) is 12.4. The molecule has 0 aliphatic rings. The van der Waals surface area contributed by atoms with Crippen molar-refractivity contribution >= 4 is 23.4 Å². The highest BCUT2D eigenvalue weighted by Gasteiger charge is 2.31. The smallest absolute Gasteiger partial charge is 0.320 e. The van der Waals surface area contributed by atoms with Crippen molar-refractivity contribution in [3.05, 3.63) is 47.5 Å². The molecule has 0 aliphatic carbocycles. The number of rotatable bonds is 4. The third-order valence-corrected chi connectivity index (χ3v) is 3.92. The van der Waals surface area contributed by atoms with Crippen molar-refractivity contribution in [3.8, 4) is 0 Å². The van der Waals surface area contributed by atoms with Crippen LogP contribution >= 0.6 is 11.8 Å². The summed E-state index contributed by atoms with van der Waals surface area (Å²) in [7, 11) is 0. The second-order valence-corrected chi connectivity index (χ2v) is 5.92. The number of amides is 1. The van der Waals surface area contributed by atoms with Crippen molar-refractivity contribution in [2.45, 2.75) is 24.9 Å². The molecule has 2 aromatic rings. The van der Waals surface area contributed by atoms with Crippen molar-refractivity contribution < 1.29 is 18.0 Å². The summed E-state index contributed by atoms with van der Waals surface area (Å²) in [5.74, 6) is 0.253. The Morgan fingerprint density at radius 2 is 2.09 bits per heavy atom. The monoisotopic (exact) mass is 341 g/mol. The lowest BCUT2D eigenvalue weighted by molar-refractivity contribution is -0.137. The summed E-state index contributed by atoms with van der Waals surface area (Å²) < 4.78 is 38.3. The SMILES string of the molecule is CCSc1cnccc1C(=O)Nc1cc(C(F)(F)F)cnc1C. The van der Waals surface area contributed by atoms with Crippen LogP contribution in [0.1, 0.15) is 28.5 Å². The van der Waals surface area contributed by atoms with E-state index in [0.717, 1.165) is 18.0 Å². The van der Waals surface area contributed by atoms with Crippen LogP contribution in [0.5, 0.6) is 0 Å². The molecule has 0 aromatic carbocycles. The minimum atomic E-state index is -4.51. The first-order valence-corrected chi connectivity index (χ1v) is 7.73. The first kappa shape index (κ1) is 17.3. The number of carbonyl (C=O) groups is 1. The van der Waals surface area contributed by atoms with Crippen molar-refractivity contribution in [1.82, 2.24) is 9.97 Å². The van der Waals surface area contributed by atoms with Gasteiger partial charge >= 0.3 is 6.18 Å². The van der Waals surface area contributed by atoms with Gasteiger partial charge in [0, 0.05) is 23.5 Å². The number of hydrogen-bond donors (Lipinski definition) is 1. The number of nitrogens with zero attached hydrogens (tertiary/aromatic N) is 2. The Morgan fingerprint density at radius 3 is 2.74 bits per heavy atom. The normalized spacial score (nSPS) is 11.3. The number of anilines is 1. The van der Waals surface area contributed by atoms with Crippen LogP contribution in [0.2, 0.25) is 0 Å². The van der Waals surface area contributed by atoms with Crippen LogP contribution in [-0.2, 0) is 6.18 Å². The van der Waals surface area contributed by atoms with E-state index in [1.807, 2.05) is 6.92 Å². The lowest BCUT2D eigenvalue weighted by Crippen LogP contribution is -2.16. The fourth-order valence-electron chi connectivity index (χ4n) is 1.84. The Balaban J connectivity index is 2.31. The number of hydrogen-bond acceptors (Lipinski definition) is 4. The molecule has 0 bridgehead atoms. The first-order valence-electron chi connectivity index (χ1n) is 6.75. The van der Waals surface area contributed by atoms with E-state index in [9.17, 15) is 18.0 Å². The number of carbonyl (C=O) groups excluding carboxylic acids is 1. The molecule has 0 aliphatic heterocycles. The fraction of sp³-hybridized carbons (Fsp3) is 0.267. The largest absolute Gasteiger partial charge is 0.417 e. The maximum atomic E-state index is 12.8. The van der Waals surface area contributed by atoms with Crippen LogP contribution in [0.15, 0.2) is 35.6 Å². The maximum absolute atomic E-state index is 12.8. The van der Waals surface area contributed by atoms with Crippen molar-refractivity contribution in [1.29, 1.82) is 0 Å². The molecule has 0 atom stereocenters. The molecule has 0 radical (unpaired) electrons. The van der Waals surface area contributed by atoms with Gasteiger partial charge in [-0.3, -0.25) is 14.8 Å². The topological polar surface area (TPSA) is 54.9 Å². The summed E-state index contributed by atoms with van der Waals surface area (Å²) in [4.78, 5) is 20.7. The van der Waals surface area contributed by atoms with Crippen molar-refractivity contribution in [3.63, 3.8) is 0 Å². The average Bonchev–Trinajstić information content (AvgIpc) is 2.49. The van der Waals surface area contributed by atoms with Crippen LogP contribution in [0, 0.1) is 6.92 Å².